The zero-order chi connectivity index (χ0) is 9.80. The smallest absolute Gasteiger partial charge is 0.0738 e. The number of aryl methyl sites for hydroxylation is 1. The minimum atomic E-state index is 0.677. The molecule has 1 aliphatic heterocycles. The SMILES string of the molecule is Cn1nncc1CNCC1CCOC1. The molecule has 1 aromatic rings. The molecule has 0 radical (unpaired) electrons. The van der Waals surface area contributed by atoms with Crippen molar-refractivity contribution in [1.29, 1.82) is 0 Å². The second-order valence-corrected chi connectivity index (χ2v) is 3.71. The molecule has 1 fully saturated rings. The quantitative estimate of drug-likeness (QED) is 0.733. The molecule has 0 amide bonds. The molecule has 1 N–H and O–H groups in total. The van der Waals surface area contributed by atoms with E-state index in [4.69, 9.17) is 4.74 Å². The van der Waals surface area contributed by atoms with Gasteiger partial charge in [0.05, 0.1) is 18.5 Å². The van der Waals surface area contributed by atoms with E-state index in [0.717, 1.165) is 32.0 Å². The Bertz CT molecular complexity index is 280. The minimum Gasteiger partial charge on any atom is -0.381 e. The molecule has 1 unspecified atom stereocenters. The lowest BCUT2D eigenvalue weighted by molar-refractivity contribution is 0.185. The van der Waals surface area contributed by atoms with Gasteiger partial charge in [0.2, 0.25) is 0 Å². The van der Waals surface area contributed by atoms with Gasteiger partial charge in [-0.05, 0) is 12.3 Å². The normalized spacial score (nSPS) is 21.6. The molecule has 78 valence electrons. The van der Waals surface area contributed by atoms with E-state index in [1.165, 1.54) is 6.42 Å². The van der Waals surface area contributed by atoms with Gasteiger partial charge in [-0.3, -0.25) is 4.68 Å². The number of aromatic nitrogens is 3. The molecule has 0 bridgehead atoms. The van der Waals surface area contributed by atoms with Crippen molar-refractivity contribution in [3.63, 3.8) is 0 Å². The number of nitrogens with one attached hydrogen (secondary N) is 1. The van der Waals surface area contributed by atoms with E-state index in [2.05, 4.69) is 15.6 Å². The zero-order valence-corrected chi connectivity index (χ0v) is 8.44. The van der Waals surface area contributed by atoms with Crippen molar-refractivity contribution in [2.45, 2.75) is 13.0 Å². The first-order valence-electron chi connectivity index (χ1n) is 4.98. The van der Waals surface area contributed by atoms with Crippen LogP contribution in [0.4, 0.5) is 0 Å². The molecular weight excluding hydrogens is 180 g/mol. The number of rotatable bonds is 4. The van der Waals surface area contributed by atoms with Crippen molar-refractivity contribution in [2.24, 2.45) is 13.0 Å². The third-order valence-corrected chi connectivity index (χ3v) is 2.57. The summed E-state index contributed by atoms with van der Waals surface area (Å²) in [5, 5.41) is 11.1. The first-order chi connectivity index (χ1) is 6.86. The molecule has 0 aliphatic carbocycles. The van der Waals surface area contributed by atoms with Gasteiger partial charge in [-0.15, -0.1) is 5.10 Å². The first-order valence-corrected chi connectivity index (χ1v) is 4.98. The summed E-state index contributed by atoms with van der Waals surface area (Å²) in [6, 6.07) is 0. The lowest BCUT2D eigenvalue weighted by Crippen LogP contribution is -2.23. The first kappa shape index (κ1) is 9.61. The second-order valence-electron chi connectivity index (χ2n) is 3.71. The highest BCUT2D eigenvalue weighted by molar-refractivity contribution is 4.92. The summed E-state index contributed by atoms with van der Waals surface area (Å²) < 4.78 is 7.09. The van der Waals surface area contributed by atoms with Gasteiger partial charge in [0.1, 0.15) is 0 Å². The van der Waals surface area contributed by atoms with Crippen LogP contribution in [0, 0.1) is 5.92 Å². The fourth-order valence-corrected chi connectivity index (χ4v) is 1.62. The summed E-state index contributed by atoms with van der Waals surface area (Å²) >= 11 is 0. The van der Waals surface area contributed by atoms with Crippen LogP contribution in [0.3, 0.4) is 0 Å². The van der Waals surface area contributed by atoms with Crippen LogP contribution < -0.4 is 5.32 Å². The molecule has 5 heteroatoms. The van der Waals surface area contributed by atoms with Gasteiger partial charge in [0.15, 0.2) is 0 Å². The highest BCUT2D eigenvalue weighted by Crippen LogP contribution is 2.10. The van der Waals surface area contributed by atoms with Crippen LogP contribution in [0.25, 0.3) is 0 Å². The van der Waals surface area contributed by atoms with Crippen molar-refractivity contribution in [1.82, 2.24) is 20.3 Å². The maximum atomic E-state index is 5.30. The molecule has 1 aliphatic rings. The average molecular weight is 196 g/mol. The largest absolute Gasteiger partial charge is 0.381 e. The van der Waals surface area contributed by atoms with Crippen LogP contribution in [0.5, 0.6) is 0 Å². The third-order valence-electron chi connectivity index (χ3n) is 2.57. The lowest BCUT2D eigenvalue weighted by atomic mass is 10.1. The van der Waals surface area contributed by atoms with E-state index in [1.54, 1.807) is 10.9 Å². The number of hydrogen-bond donors (Lipinski definition) is 1. The molecule has 1 saturated heterocycles. The summed E-state index contributed by atoms with van der Waals surface area (Å²) in [7, 11) is 1.91. The van der Waals surface area contributed by atoms with Crippen molar-refractivity contribution in [3.05, 3.63) is 11.9 Å². The molecule has 0 saturated carbocycles. The van der Waals surface area contributed by atoms with Crippen LogP contribution in [-0.4, -0.2) is 34.8 Å². The Morgan fingerprint density at radius 3 is 3.29 bits per heavy atom. The molecule has 1 atom stereocenters. The molecule has 1 aromatic heterocycles. The Hall–Kier alpha value is -0.940. The third kappa shape index (κ3) is 2.30. The highest BCUT2D eigenvalue weighted by Gasteiger charge is 2.14. The summed E-state index contributed by atoms with van der Waals surface area (Å²) in [5.41, 5.74) is 1.11. The maximum Gasteiger partial charge on any atom is 0.0738 e. The topological polar surface area (TPSA) is 52.0 Å². The average Bonchev–Trinajstić information content (AvgIpc) is 2.78. The van der Waals surface area contributed by atoms with Gasteiger partial charge >= 0.3 is 0 Å². The summed E-state index contributed by atoms with van der Waals surface area (Å²) in [4.78, 5) is 0. The van der Waals surface area contributed by atoms with Gasteiger partial charge in [-0.2, -0.15) is 0 Å². The van der Waals surface area contributed by atoms with Crippen LogP contribution >= 0.6 is 0 Å². The van der Waals surface area contributed by atoms with Gasteiger partial charge < -0.3 is 10.1 Å². The fourth-order valence-electron chi connectivity index (χ4n) is 1.62. The van der Waals surface area contributed by atoms with Crippen LogP contribution in [0.1, 0.15) is 12.1 Å². The highest BCUT2D eigenvalue weighted by atomic mass is 16.5. The Balaban J connectivity index is 1.70. The van der Waals surface area contributed by atoms with E-state index in [-0.39, 0.29) is 0 Å². The van der Waals surface area contributed by atoms with Gasteiger partial charge in [-0.25, -0.2) is 0 Å². The summed E-state index contributed by atoms with van der Waals surface area (Å²) in [6.07, 6.45) is 2.97. The molecule has 2 rings (SSSR count). The van der Waals surface area contributed by atoms with Crippen molar-refractivity contribution < 1.29 is 4.74 Å². The molecule has 0 aromatic carbocycles. The molecule has 0 spiro atoms. The number of hydrogen-bond acceptors (Lipinski definition) is 4. The van der Waals surface area contributed by atoms with Crippen molar-refractivity contribution in [2.75, 3.05) is 19.8 Å². The summed E-state index contributed by atoms with van der Waals surface area (Å²) in [5.74, 6) is 0.677. The van der Waals surface area contributed by atoms with Crippen molar-refractivity contribution >= 4 is 0 Å². The second kappa shape index (κ2) is 4.52. The maximum absolute atomic E-state index is 5.30. The van der Waals surface area contributed by atoms with E-state index in [9.17, 15) is 0 Å². The van der Waals surface area contributed by atoms with Gasteiger partial charge in [0.25, 0.3) is 0 Å². The van der Waals surface area contributed by atoms with E-state index in [1.807, 2.05) is 7.05 Å². The minimum absolute atomic E-state index is 0.677. The fraction of sp³-hybridized carbons (Fsp3) is 0.778. The molecule has 2 heterocycles. The predicted molar refractivity (Wildman–Crippen MR) is 51.6 cm³/mol. The number of nitrogens with zero attached hydrogens (tertiary/aromatic N) is 3. The Morgan fingerprint density at radius 1 is 1.71 bits per heavy atom. The van der Waals surface area contributed by atoms with Gasteiger partial charge in [-0.1, -0.05) is 5.21 Å². The molecular formula is C9H16N4O. The van der Waals surface area contributed by atoms with E-state index < -0.39 is 0 Å². The lowest BCUT2D eigenvalue weighted by Gasteiger charge is -2.08. The monoisotopic (exact) mass is 196 g/mol. The van der Waals surface area contributed by atoms with Crippen LogP contribution in [0.15, 0.2) is 6.20 Å². The zero-order valence-electron chi connectivity index (χ0n) is 8.44. The van der Waals surface area contributed by atoms with E-state index >= 15 is 0 Å². The van der Waals surface area contributed by atoms with E-state index in [0.29, 0.717) is 5.92 Å². The van der Waals surface area contributed by atoms with Crippen molar-refractivity contribution in [3.8, 4) is 0 Å². The predicted octanol–water partition coefficient (Wildman–Crippen LogP) is -0.0588. The van der Waals surface area contributed by atoms with Gasteiger partial charge in [0, 0.05) is 26.7 Å². The van der Waals surface area contributed by atoms with Crippen LogP contribution in [-0.2, 0) is 18.3 Å². The van der Waals surface area contributed by atoms with Crippen LogP contribution in [0.2, 0.25) is 0 Å². The molecule has 14 heavy (non-hydrogen) atoms. The Labute approximate surface area is 83.4 Å². The Morgan fingerprint density at radius 2 is 2.64 bits per heavy atom. The Kier molecular flexibility index (Phi) is 3.10. The molecule has 5 nitrogen and oxygen atoms in total. The number of ether oxygens (including phenoxy) is 1. The summed E-state index contributed by atoms with van der Waals surface area (Å²) in [6.45, 7) is 3.67. The standard InChI is InChI=1S/C9H16N4O/c1-13-9(6-11-12-13)5-10-4-8-2-3-14-7-8/h6,8,10H,2-5,7H2,1H3.